The third kappa shape index (κ3) is 1.81. The molecule has 1 aromatic rings. The minimum atomic E-state index is 0.539. The first-order chi connectivity index (χ1) is 5.38. The molecule has 4 nitrogen and oxygen atoms in total. The van der Waals surface area contributed by atoms with Crippen molar-refractivity contribution >= 4 is 5.69 Å². The fourth-order valence-electron chi connectivity index (χ4n) is 0.752. The maximum Gasteiger partial charge on any atom is 0.238 e. The minimum absolute atomic E-state index is 0.539. The number of hydrogen-bond acceptors (Lipinski definition) is 4. The Bertz CT molecular complexity index is 227. The van der Waals surface area contributed by atoms with E-state index in [1.54, 1.807) is 18.3 Å². The predicted octanol–water partition coefficient (Wildman–Crippen LogP) is 0.766. The van der Waals surface area contributed by atoms with Crippen LogP contribution in [-0.4, -0.2) is 11.6 Å². The fraction of sp³-hybridized carbons (Fsp3) is 0.286. The van der Waals surface area contributed by atoms with Crippen LogP contribution in [0.15, 0.2) is 18.3 Å². The van der Waals surface area contributed by atoms with E-state index in [4.69, 9.17) is 10.6 Å². The zero-order chi connectivity index (χ0) is 8.10. The Kier molecular flexibility index (Phi) is 2.68. The van der Waals surface area contributed by atoms with Crippen molar-refractivity contribution < 1.29 is 4.74 Å². The van der Waals surface area contributed by atoms with E-state index in [0.29, 0.717) is 18.2 Å². The Hall–Kier alpha value is -1.29. The van der Waals surface area contributed by atoms with Gasteiger partial charge in [0.2, 0.25) is 5.88 Å². The number of ether oxygens (including phenoxy) is 1. The minimum Gasteiger partial charge on any atom is -0.476 e. The Morgan fingerprint density at radius 3 is 3.18 bits per heavy atom. The van der Waals surface area contributed by atoms with Gasteiger partial charge in [0, 0.05) is 6.20 Å². The molecule has 0 aliphatic rings. The molecule has 0 atom stereocenters. The molecule has 0 unspecified atom stereocenters. The monoisotopic (exact) mass is 153 g/mol. The van der Waals surface area contributed by atoms with Crippen LogP contribution in [0.25, 0.3) is 0 Å². The van der Waals surface area contributed by atoms with Crippen LogP contribution >= 0.6 is 0 Å². The van der Waals surface area contributed by atoms with Gasteiger partial charge in [-0.3, -0.25) is 5.84 Å². The smallest absolute Gasteiger partial charge is 0.238 e. The van der Waals surface area contributed by atoms with Crippen LogP contribution in [0, 0.1) is 0 Å². The first-order valence-corrected chi connectivity index (χ1v) is 3.43. The summed E-state index contributed by atoms with van der Waals surface area (Å²) in [5, 5.41) is 0. The maximum absolute atomic E-state index is 5.21. The van der Waals surface area contributed by atoms with E-state index in [1.807, 2.05) is 6.92 Å². The first-order valence-electron chi connectivity index (χ1n) is 3.43. The maximum atomic E-state index is 5.21. The molecule has 1 aromatic heterocycles. The van der Waals surface area contributed by atoms with Gasteiger partial charge < -0.3 is 10.2 Å². The molecule has 0 aliphatic heterocycles. The van der Waals surface area contributed by atoms with E-state index in [9.17, 15) is 0 Å². The van der Waals surface area contributed by atoms with Crippen LogP contribution in [0.3, 0.4) is 0 Å². The third-order valence-electron chi connectivity index (χ3n) is 1.21. The largest absolute Gasteiger partial charge is 0.476 e. The van der Waals surface area contributed by atoms with Crippen LogP contribution in [0.2, 0.25) is 0 Å². The zero-order valence-electron chi connectivity index (χ0n) is 6.37. The number of nitrogens with two attached hydrogens (primary N) is 1. The Labute approximate surface area is 65.4 Å². The highest BCUT2D eigenvalue weighted by molar-refractivity contribution is 5.50. The highest BCUT2D eigenvalue weighted by atomic mass is 16.5. The number of aromatic nitrogens is 1. The molecule has 60 valence electrons. The first kappa shape index (κ1) is 7.81. The van der Waals surface area contributed by atoms with Crippen molar-refractivity contribution in [1.29, 1.82) is 0 Å². The van der Waals surface area contributed by atoms with E-state index in [0.717, 1.165) is 0 Å². The third-order valence-corrected chi connectivity index (χ3v) is 1.21. The number of nitrogens with one attached hydrogen (secondary N) is 1. The van der Waals surface area contributed by atoms with Crippen LogP contribution in [0.1, 0.15) is 6.92 Å². The number of nitrogens with zero attached hydrogens (tertiary/aromatic N) is 1. The van der Waals surface area contributed by atoms with Crippen LogP contribution in [-0.2, 0) is 0 Å². The SMILES string of the molecule is CCOc1ncccc1NN. The highest BCUT2D eigenvalue weighted by Crippen LogP contribution is 2.18. The summed E-state index contributed by atoms with van der Waals surface area (Å²) in [6.07, 6.45) is 1.66. The van der Waals surface area contributed by atoms with Crippen molar-refractivity contribution in [3.8, 4) is 5.88 Å². The average Bonchev–Trinajstić information content (AvgIpc) is 2.06. The number of pyridine rings is 1. The predicted molar refractivity (Wildman–Crippen MR) is 43.2 cm³/mol. The van der Waals surface area contributed by atoms with Crippen molar-refractivity contribution in [1.82, 2.24) is 4.98 Å². The summed E-state index contributed by atoms with van der Waals surface area (Å²) < 4.78 is 5.17. The van der Waals surface area contributed by atoms with Gasteiger partial charge >= 0.3 is 0 Å². The second kappa shape index (κ2) is 3.78. The lowest BCUT2D eigenvalue weighted by atomic mass is 10.4. The fourth-order valence-corrected chi connectivity index (χ4v) is 0.752. The van der Waals surface area contributed by atoms with Crippen LogP contribution < -0.4 is 16.0 Å². The van der Waals surface area contributed by atoms with Gasteiger partial charge in [0.15, 0.2) is 0 Å². The molecule has 1 heterocycles. The molecular weight excluding hydrogens is 142 g/mol. The number of hydrazine groups is 1. The summed E-state index contributed by atoms with van der Waals surface area (Å²) in [4.78, 5) is 3.97. The van der Waals surface area contributed by atoms with Gasteiger partial charge in [-0.15, -0.1) is 0 Å². The molecular formula is C7H11N3O. The van der Waals surface area contributed by atoms with Gasteiger partial charge in [-0.2, -0.15) is 0 Å². The molecule has 11 heavy (non-hydrogen) atoms. The van der Waals surface area contributed by atoms with Crippen LogP contribution in [0.5, 0.6) is 5.88 Å². The van der Waals surface area contributed by atoms with Gasteiger partial charge in [-0.05, 0) is 19.1 Å². The number of nitrogen functional groups attached to an aromatic ring is 1. The number of hydrogen-bond donors (Lipinski definition) is 2. The Morgan fingerprint density at radius 1 is 1.73 bits per heavy atom. The van der Waals surface area contributed by atoms with E-state index in [-0.39, 0.29) is 0 Å². The number of anilines is 1. The van der Waals surface area contributed by atoms with Crippen molar-refractivity contribution in [2.24, 2.45) is 5.84 Å². The zero-order valence-corrected chi connectivity index (χ0v) is 6.37. The van der Waals surface area contributed by atoms with E-state index in [2.05, 4.69) is 10.4 Å². The van der Waals surface area contributed by atoms with Gasteiger partial charge in [-0.1, -0.05) is 0 Å². The van der Waals surface area contributed by atoms with E-state index >= 15 is 0 Å². The summed E-state index contributed by atoms with van der Waals surface area (Å²) in [6, 6.07) is 3.59. The molecule has 0 aliphatic carbocycles. The molecule has 4 heteroatoms. The quantitative estimate of drug-likeness (QED) is 0.497. The van der Waals surface area contributed by atoms with Crippen molar-refractivity contribution in [3.63, 3.8) is 0 Å². The summed E-state index contributed by atoms with van der Waals surface area (Å²) in [5.74, 6) is 5.75. The molecule has 3 N–H and O–H groups in total. The lowest BCUT2D eigenvalue weighted by Crippen LogP contribution is -2.09. The molecule has 0 radical (unpaired) electrons. The second-order valence-corrected chi connectivity index (χ2v) is 1.93. The van der Waals surface area contributed by atoms with E-state index < -0.39 is 0 Å². The standard InChI is InChI=1S/C7H11N3O/c1-2-11-7-6(10-8)4-3-5-9-7/h3-5,10H,2,8H2,1H3. The lowest BCUT2D eigenvalue weighted by molar-refractivity contribution is 0.328. The molecule has 0 spiro atoms. The molecule has 1 rings (SSSR count). The van der Waals surface area contributed by atoms with Crippen molar-refractivity contribution in [3.05, 3.63) is 18.3 Å². The van der Waals surface area contributed by atoms with E-state index in [1.165, 1.54) is 0 Å². The van der Waals surface area contributed by atoms with Gasteiger partial charge in [0.1, 0.15) is 5.69 Å². The van der Waals surface area contributed by atoms with Crippen LogP contribution in [0.4, 0.5) is 5.69 Å². The van der Waals surface area contributed by atoms with Gasteiger partial charge in [0.25, 0.3) is 0 Å². The molecule has 0 saturated carbocycles. The van der Waals surface area contributed by atoms with Crippen molar-refractivity contribution in [2.75, 3.05) is 12.0 Å². The molecule has 0 aromatic carbocycles. The number of rotatable bonds is 3. The Balaban J connectivity index is 2.83. The summed E-state index contributed by atoms with van der Waals surface area (Å²) in [6.45, 7) is 2.49. The lowest BCUT2D eigenvalue weighted by Gasteiger charge is -2.06. The molecule has 0 fully saturated rings. The second-order valence-electron chi connectivity index (χ2n) is 1.93. The highest BCUT2D eigenvalue weighted by Gasteiger charge is 1.99. The Morgan fingerprint density at radius 2 is 2.55 bits per heavy atom. The topological polar surface area (TPSA) is 60.2 Å². The van der Waals surface area contributed by atoms with Gasteiger partial charge in [-0.25, -0.2) is 4.98 Å². The van der Waals surface area contributed by atoms with Gasteiger partial charge in [0.05, 0.1) is 6.61 Å². The summed E-state index contributed by atoms with van der Waals surface area (Å²) in [5.41, 5.74) is 3.20. The van der Waals surface area contributed by atoms with Crippen molar-refractivity contribution in [2.45, 2.75) is 6.92 Å². The summed E-state index contributed by atoms with van der Waals surface area (Å²) in [7, 11) is 0. The average molecular weight is 153 g/mol. The molecule has 0 amide bonds. The normalized spacial score (nSPS) is 9.27. The summed E-state index contributed by atoms with van der Waals surface area (Å²) >= 11 is 0. The molecule has 0 bridgehead atoms. The molecule has 0 saturated heterocycles.